The first-order valence-electron chi connectivity index (χ1n) is 10.6. The quantitative estimate of drug-likeness (QED) is 0.654. The molecule has 171 valence electrons. The molecular weight excluding hydrogens is 416 g/mol. The number of H-pyrrole nitrogens is 1. The number of aromatic nitrogens is 2. The van der Waals surface area contributed by atoms with E-state index in [1.54, 1.807) is 0 Å². The van der Waals surface area contributed by atoms with Crippen molar-refractivity contribution in [2.45, 2.75) is 96.2 Å². The molecule has 1 saturated heterocycles. The zero-order chi connectivity index (χ0) is 23.1. The van der Waals surface area contributed by atoms with Crippen LogP contribution in [0.15, 0.2) is 21.9 Å². The van der Waals surface area contributed by atoms with Crippen molar-refractivity contribution >= 4 is 16.6 Å². The lowest BCUT2D eigenvalue weighted by atomic mass is 10.2. The van der Waals surface area contributed by atoms with Crippen LogP contribution in [0.3, 0.4) is 0 Å². The predicted molar refractivity (Wildman–Crippen MR) is 125 cm³/mol. The summed E-state index contributed by atoms with van der Waals surface area (Å²) in [4.78, 5) is 26.3. The Morgan fingerprint density at radius 3 is 2.10 bits per heavy atom. The fraction of sp³-hybridized carbons (Fsp3) is 0.762. The first-order chi connectivity index (χ1) is 13.4. The molecule has 1 N–H and O–H groups in total. The van der Waals surface area contributed by atoms with Gasteiger partial charge in [-0.25, -0.2) is 4.79 Å². The van der Waals surface area contributed by atoms with Gasteiger partial charge in [-0.05, 0) is 36.3 Å². The molecule has 30 heavy (non-hydrogen) atoms. The second-order valence-electron chi connectivity index (χ2n) is 11.2. The second kappa shape index (κ2) is 8.50. The van der Waals surface area contributed by atoms with E-state index < -0.39 is 40.2 Å². The van der Waals surface area contributed by atoms with Crippen molar-refractivity contribution in [2.75, 3.05) is 6.61 Å². The van der Waals surface area contributed by atoms with Crippen molar-refractivity contribution in [1.29, 1.82) is 0 Å². The van der Waals surface area contributed by atoms with E-state index in [2.05, 4.69) is 72.7 Å². The van der Waals surface area contributed by atoms with Crippen molar-refractivity contribution in [1.82, 2.24) is 9.55 Å². The lowest BCUT2D eigenvalue weighted by Crippen LogP contribution is -2.46. The zero-order valence-corrected chi connectivity index (χ0v) is 22.2. The molecular formula is C21H39N2O5Si2. The van der Waals surface area contributed by atoms with Crippen LogP contribution in [0.2, 0.25) is 36.3 Å². The van der Waals surface area contributed by atoms with Gasteiger partial charge in [-0.15, -0.1) is 0 Å². The summed E-state index contributed by atoms with van der Waals surface area (Å²) < 4.78 is 20.6. The van der Waals surface area contributed by atoms with Crippen LogP contribution in [0.1, 0.15) is 47.8 Å². The maximum absolute atomic E-state index is 12.4. The van der Waals surface area contributed by atoms with Gasteiger partial charge < -0.3 is 13.6 Å². The Bertz CT molecular complexity index is 848. The Labute approximate surface area is 182 Å². The molecule has 0 saturated carbocycles. The van der Waals surface area contributed by atoms with Crippen LogP contribution in [-0.2, 0) is 13.6 Å². The first kappa shape index (κ1) is 25.3. The maximum atomic E-state index is 12.4. The summed E-state index contributed by atoms with van der Waals surface area (Å²) in [5, 5.41) is 0.106. The van der Waals surface area contributed by atoms with E-state index in [4.69, 9.17) is 13.6 Å². The number of nitrogens with one attached hydrogen (secondary N) is 1. The second-order valence-corrected chi connectivity index (χ2v) is 20.8. The molecule has 0 spiro atoms. The minimum Gasteiger partial charge on any atom is -0.414 e. The lowest BCUT2D eigenvalue weighted by Gasteiger charge is -2.39. The van der Waals surface area contributed by atoms with Gasteiger partial charge in [0.1, 0.15) is 0 Å². The highest BCUT2D eigenvalue weighted by Crippen LogP contribution is 2.42. The highest BCUT2D eigenvalue weighted by atomic mass is 28.4. The van der Waals surface area contributed by atoms with Crippen LogP contribution in [0.4, 0.5) is 0 Å². The zero-order valence-electron chi connectivity index (χ0n) is 20.2. The van der Waals surface area contributed by atoms with E-state index in [0.29, 0.717) is 6.61 Å². The van der Waals surface area contributed by atoms with E-state index in [-0.39, 0.29) is 16.2 Å². The Morgan fingerprint density at radius 1 is 1.03 bits per heavy atom. The van der Waals surface area contributed by atoms with E-state index >= 15 is 0 Å². The molecule has 0 bridgehead atoms. The Kier molecular flexibility index (Phi) is 7.15. The Morgan fingerprint density at radius 2 is 1.60 bits per heavy atom. The maximum Gasteiger partial charge on any atom is 0.330 e. The summed E-state index contributed by atoms with van der Waals surface area (Å²) in [6.07, 6.45) is 2.14. The van der Waals surface area contributed by atoms with Crippen LogP contribution in [0, 0.1) is 6.42 Å². The summed E-state index contributed by atoms with van der Waals surface area (Å²) in [5.74, 6) is 0. The van der Waals surface area contributed by atoms with E-state index in [0.717, 1.165) is 0 Å². The molecule has 1 aromatic heterocycles. The average Bonchev–Trinajstić information content (AvgIpc) is 2.93. The van der Waals surface area contributed by atoms with Gasteiger partial charge in [-0.1, -0.05) is 41.5 Å². The van der Waals surface area contributed by atoms with Gasteiger partial charge >= 0.3 is 5.69 Å². The molecule has 0 unspecified atom stereocenters. The third-order valence-corrected chi connectivity index (χ3v) is 15.8. The fourth-order valence-corrected chi connectivity index (χ4v) is 4.92. The van der Waals surface area contributed by atoms with Gasteiger partial charge in [-0.3, -0.25) is 14.3 Å². The number of ether oxygens (including phenoxy) is 1. The molecule has 2 rings (SSSR count). The largest absolute Gasteiger partial charge is 0.414 e. The Balaban J connectivity index is 2.28. The molecule has 7 nitrogen and oxygen atoms in total. The van der Waals surface area contributed by atoms with E-state index in [9.17, 15) is 9.59 Å². The van der Waals surface area contributed by atoms with Gasteiger partial charge in [-0.2, -0.15) is 0 Å². The molecule has 0 aliphatic carbocycles. The highest BCUT2D eigenvalue weighted by Gasteiger charge is 2.46. The minimum atomic E-state index is -2.12. The number of hydrogen-bond acceptors (Lipinski definition) is 5. The topological polar surface area (TPSA) is 82.5 Å². The number of aromatic amines is 1. The summed E-state index contributed by atoms with van der Waals surface area (Å²) in [7, 11) is -4.06. The van der Waals surface area contributed by atoms with Crippen LogP contribution >= 0.6 is 0 Å². The van der Waals surface area contributed by atoms with Crippen molar-refractivity contribution < 1.29 is 13.6 Å². The van der Waals surface area contributed by atoms with Gasteiger partial charge in [0, 0.05) is 18.7 Å². The monoisotopic (exact) mass is 455 g/mol. The smallest absolute Gasteiger partial charge is 0.330 e. The van der Waals surface area contributed by atoms with Crippen LogP contribution in [0.5, 0.6) is 0 Å². The van der Waals surface area contributed by atoms with Crippen molar-refractivity contribution in [3.63, 3.8) is 0 Å². The van der Waals surface area contributed by atoms with Gasteiger partial charge in [0.2, 0.25) is 0 Å². The summed E-state index contributed by atoms with van der Waals surface area (Å²) in [6, 6.07) is 1.33. The molecule has 0 aromatic carbocycles. The van der Waals surface area contributed by atoms with Crippen LogP contribution < -0.4 is 11.2 Å². The van der Waals surface area contributed by atoms with Gasteiger partial charge in [0.25, 0.3) is 5.56 Å². The molecule has 1 aromatic rings. The van der Waals surface area contributed by atoms with Crippen LogP contribution in [-0.4, -0.2) is 45.0 Å². The molecule has 9 heteroatoms. The SMILES string of the molecule is CC(C)(C)[Si](C)(C)OC[C@H]1[CH][C@@H](O[Si](C)(C)C(C)(C)C)[C@H](n2ccc(=O)[nH]c2=O)O1. The standard InChI is InChI=1S/C21H39N2O5Si2/c1-20(2,3)29(7,8)26-14-15-13-16(28-30(9,10)21(4,5)6)18(27-15)23-12-11-17(24)22-19(23)25/h11-13,15-16,18H,14H2,1-10H3,(H,22,24,25)/t15-,16-,18-/m1/s1. The molecule has 1 aliphatic heterocycles. The van der Waals surface area contributed by atoms with Gasteiger partial charge in [0.05, 0.1) is 18.8 Å². The molecule has 3 atom stereocenters. The van der Waals surface area contributed by atoms with Crippen LogP contribution in [0.25, 0.3) is 0 Å². The predicted octanol–water partition coefficient (Wildman–Crippen LogP) is 4.05. The molecule has 1 fully saturated rings. The molecule has 2 heterocycles. The average molecular weight is 456 g/mol. The molecule has 0 amide bonds. The number of hydrogen-bond donors (Lipinski definition) is 1. The first-order valence-corrected chi connectivity index (χ1v) is 16.4. The Hall–Kier alpha value is -1.01. The van der Waals surface area contributed by atoms with E-state index in [1.165, 1.54) is 16.8 Å². The number of nitrogens with zero attached hydrogens (tertiary/aromatic N) is 1. The summed E-state index contributed by atoms with van der Waals surface area (Å²) in [6.45, 7) is 22.3. The minimum absolute atomic E-state index is 0.0110. The van der Waals surface area contributed by atoms with Crippen molar-refractivity contribution in [2.24, 2.45) is 0 Å². The van der Waals surface area contributed by atoms with Crippen molar-refractivity contribution in [3.05, 3.63) is 39.5 Å². The van der Waals surface area contributed by atoms with Gasteiger partial charge in [0.15, 0.2) is 22.9 Å². The fourth-order valence-electron chi connectivity index (χ4n) is 2.68. The third-order valence-electron chi connectivity index (χ3n) is 6.78. The molecule has 1 radical (unpaired) electrons. The summed E-state index contributed by atoms with van der Waals surface area (Å²) in [5.41, 5.74) is -0.936. The summed E-state index contributed by atoms with van der Waals surface area (Å²) >= 11 is 0. The van der Waals surface area contributed by atoms with Crippen molar-refractivity contribution in [3.8, 4) is 0 Å². The third kappa shape index (κ3) is 5.61. The number of rotatable bonds is 6. The van der Waals surface area contributed by atoms with E-state index in [1.807, 2.05) is 6.42 Å². The molecule has 1 aliphatic rings. The normalized spacial score (nSPS) is 23.7. The lowest BCUT2D eigenvalue weighted by molar-refractivity contribution is -0.0484. The highest BCUT2D eigenvalue weighted by molar-refractivity contribution is 6.74.